The lowest BCUT2D eigenvalue weighted by atomic mass is 10.0. The first-order valence-electron chi connectivity index (χ1n) is 10.7. The van der Waals surface area contributed by atoms with Crippen molar-refractivity contribution in [3.8, 4) is 0 Å². The summed E-state index contributed by atoms with van der Waals surface area (Å²) in [6.07, 6.45) is 0.0537. The molecule has 0 bridgehead atoms. The summed E-state index contributed by atoms with van der Waals surface area (Å²) >= 11 is 0. The van der Waals surface area contributed by atoms with Crippen LogP contribution in [0, 0.1) is 0 Å². The predicted molar refractivity (Wildman–Crippen MR) is 114 cm³/mol. The van der Waals surface area contributed by atoms with Crippen molar-refractivity contribution in [3.63, 3.8) is 0 Å². The Morgan fingerprint density at radius 1 is 1.10 bits per heavy atom. The van der Waals surface area contributed by atoms with Crippen molar-refractivity contribution in [1.29, 1.82) is 0 Å². The highest BCUT2D eigenvalue weighted by Gasteiger charge is 2.34. The molecule has 0 unspecified atom stereocenters. The number of nitrogens with zero attached hydrogens (tertiary/aromatic N) is 3. The number of para-hydroxylation sites is 1. The second-order valence-corrected chi connectivity index (χ2v) is 7.69. The monoisotopic (exact) mass is 435 g/mol. The van der Waals surface area contributed by atoms with Crippen LogP contribution in [0.2, 0.25) is 0 Å². The van der Waals surface area contributed by atoms with E-state index in [1.807, 2.05) is 4.90 Å². The Kier molecular flexibility index (Phi) is 7.70. The van der Waals surface area contributed by atoms with Crippen LogP contribution in [0.4, 0.5) is 24.7 Å². The summed E-state index contributed by atoms with van der Waals surface area (Å²) in [6.45, 7) is 4.01. The normalized spacial score (nSPS) is 15.0. The summed E-state index contributed by atoms with van der Waals surface area (Å²) in [4.78, 5) is 14.1. The van der Waals surface area contributed by atoms with Crippen LogP contribution in [0.5, 0.6) is 0 Å². The third-order valence-corrected chi connectivity index (χ3v) is 5.36. The minimum absolute atomic E-state index is 0.0547. The highest BCUT2D eigenvalue weighted by atomic mass is 19.4. The molecule has 9 heteroatoms. The van der Waals surface area contributed by atoms with E-state index in [1.165, 1.54) is 12.1 Å². The lowest BCUT2D eigenvalue weighted by Crippen LogP contribution is -2.40. The van der Waals surface area contributed by atoms with E-state index in [4.69, 9.17) is 0 Å². The van der Waals surface area contributed by atoms with E-state index >= 15 is 0 Å². The van der Waals surface area contributed by atoms with Crippen LogP contribution in [0.15, 0.2) is 36.4 Å². The molecule has 31 heavy (non-hydrogen) atoms. The number of carbonyl (C=O) groups excluding carboxylic acids is 1. The van der Waals surface area contributed by atoms with E-state index in [-0.39, 0.29) is 23.3 Å². The van der Waals surface area contributed by atoms with Gasteiger partial charge in [-0.1, -0.05) is 31.9 Å². The van der Waals surface area contributed by atoms with Crippen molar-refractivity contribution in [1.82, 2.24) is 15.5 Å². The fourth-order valence-corrected chi connectivity index (χ4v) is 3.61. The van der Waals surface area contributed by atoms with Gasteiger partial charge in [-0.2, -0.15) is 13.2 Å². The van der Waals surface area contributed by atoms with Crippen molar-refractivity contribution < 1.29 is 18.0 Å². The van der Waals surface area contributed by atoms with Crippen LogP contribution in [-0.2, 0) is 6.18 Å². The van der Waals surface area contributed by atoms with Gasteiger partial charge in [-0.25, -0.2) is 0 Å². The number of nitrogens with one attached hydrogen (secondary N) is 2. The summed E-state index contributed by atoms with van der Waals surface area (Å²) in [7, 11) is 0. The highest BCUT2D eigenvalue weighted by molar-refractivity contribution is 5.92. The molecule has 1 saturated heterocycles. The Balaban J connectivity index is 1.52. The summed E-state index contributed by atoms with van der Waals surface area (Å²) in [5.74, 6) is 0.429. The van der Waals surface area contributed by atoms with Gasteiger partial charge in [0, 0.05) is 31.4 Å². The quantitative estimate of drug-likeness (QED) is 0.598. The van der Waals surface area contributed by atoms with Crippen molar-refractivity contribution in [2.24, 2.45) is 0 Å². The molecule has 0 radical (unpaired) electrons. The fourth-order valence-electron chi connectivity index (χ4n) is 3.61. The molecule has 2 N–H and O–H groups in total. The fraction of sp³-hybridized carbons (Fsp3) is 0.500. The summed E-state index contributed by atoms with van der Waals surface area (Å²) in [6, 6.07) is 8.92. The topological polar surface area (TPSA) is 70.2 Å². The van der Waals surface area contributed by atoms with Crippen LogP contribution < -0.4 is 15.5 Å². The highest BCUT2D eigenvalue weighted by Crippen LogP contribution is 2.35. The second kappa shape index (κ2) is 10.5. The third kappa shape index (κ3) is 6.32. The zero-order valence-corrected chi connectivity index (χ0v) is 17.6. The maximum atomic E-state index is 13.2. The number of unbranched alkanes of at least 4 members (excludes halogenated alkanes) is 2. The molecule has 1 aromatic carbocycles. The molecule has 3 rings (SSSR count). The SMILES string of the molecule is CCCCCNC(=O)c1ccc(N2CCC(Nc3ccccc3C(F)(F)F)CC2)nn1. The van der Waals surface area contributed by atoms with Gasteiger partial charge in [0.1, 0.15) is 0 Å². The first-order valence-corrected chi connectivity index (χ1v) is 10.7. The van der Waals surface area contributed by atoms with Gasteiger partial charge < -0.3 is 15.5 Å². The largest absolute Gasteiger partial charge is 0.418 e. The minimum Gasteiger partial charge on any atom is -0.382 e. The lowest BCUT2D eigenvalue weighted by Gasteiger charge is -2.33. The van der Waals surface area contributed by atoms with Crippen molar-refractivity contribution in [2.75, 3.05) is 29.9 Å². The standard InChI is InChI=1S/C22H28F3N5O/c1-2-3-6-13-26-21(31)19-9-10-20(29-28-19)30-14-11-16(12-15-30)27-18-8-5-4-7-17(18)22(23,24)25/h4-5,7-10,16,27H,2-3,6,11-15H2,1H3,(H,26,31). The zero-order valence-electron chi connectivity index (χ0n) is 17.6. The molecule has 1 aliphatic rings. The number of hydrogen-bond acceptors (Lipinski definition) is 5. The molecule has 0 spiro atoms. The lowest BCUT2D eigenvalue weighted by molar-refractivity contribution is -0.137. The van der Waals surface area contributed by atoms with Crippen LogP contribution in [0.25, 0.3) is 0 Å². The second-order valence-electron chi connectivity index (χ2n) is 7.69. The first-order chi connectivity index (χ1) is 14.9. The van der Waals surface area contributed by atoms with Gasteiger partial charge in [-0.05, 0) is 43.5 Å². The average molecular weight is 435 g/mol. The average Bonchev–Trinajstić information content (AvgIpc) is 2.77. The van der Waals surface area contributed by atoms with Crippen LogP contribution in [0.3, 0.4) is 0 Å². The first kappa shape index (κ1) is 22.8. The van der Waals surface area contributed by atoms with Crippen LogP contribution >= 0.6 is 0 Å². The summed E-state index contributed by atoms with van der Waals surface area (Å²) in [5, 5.41) is 14.1. The summed E-state index contributed by atoms with van der Waals surface area (Å²) < 4.78 is 39.6. The Hall–Kier alpha value is -2.84. The summed E-state index contributed by atoms with van der Waals surface area (Å²) in [5.41, 5.74) is -0.255. The van der Waals surface area contributed by atoms with Gasteiger partial charge in [0.05, 0.1) is 5.56 Å². The molecular weight excluding hydrogens is 407 g/mol. The molecular formula is C22H28F3N5O. The number of piperidine rings is 1. The molecule has 1 aliphatic heterocycles. The maximum absolute atomic E-state index is 13.2. The van der Waals surface area contributed by atoms with E-state index in [9.17, 15) is 18.0 Å². The number of aromatic nitrogens is 2. The van der Waals surface area contributed by atoms with Crippen molar-refractivity contribution >= 4 is 17.4 Å². The molecule has 0 saturated carbocycles. The Labute approximate surface area is 180 Å². The molecule has 1 aromatic heterocycles. The van der Waals surface area contributed by atoms with Gasteiger partial charge in [0.2, 0.25) is 0 Å². The number of anilines is 2. The molecule has 0 atom stereocenters. The smallest absolute Gasteiger partial charge is 0.382 e. The molecule has 1 amide bonds. The Morgan fingerprint density at radius 2 is 1.84 bits per heavy atom. The van der Waals surface area contributed by atoms with E-state index in [0.717, 1.165) is 25.3 Å². The van der Waals surface area contributed by atoms with E-state index in [0.29, 0.717) is 38.3 Å². The van der Waals surface area contributed by atoms with Crippen molar-refractivity contribution in [3.05, 3.63) is 47.7 Å². The molecule has 2 heterocycles. The molecule has 0 aliphatic carbocycles. The minimum atomic E-state index is -4.38. The van der Waals surface area contributed by atoms with Crippen LogP contribution in [0.1, 0.15) is 55.1 Å². The Bertz CT molecular complexity index is 849. The number of benzene rings is 1. The number of rotatable bonds is 8. The number of hydrogen-bond donors (Lipinski definition) is 2. The van der Waals surface area contributed by atoms with Gasteiger partial charge >= 0.3 is 6.18 Å². The van der Waals surface area contributed by atoms with Gasteiger partial charge in [-0.15, -0.1) is 10.2 Å². The number of carbonyl (C=O) groups is 1. The predicted octanol–water partition coefficient (Wildman–Crippen LogP) is 4.50. The van der Waals surface area contributed by atoms with E-state index in [2.05, 4.69) is 27.8 Å². The number of halogens is 3. The van der Waals surface area contributed by atoms with Gasteiger partial charge in [0.15, 0.2) is 11.5 Å². The van der Waals surface area contributed by atoms with E-state index in [1.54, 1.807) is 18.2 Å². The molecule has 6 nitrogen and oxygen atoms in total. The molecule has 2 aromatic rings. The molecule has 168 valence electrons. The Morgan fingerprint density at radius 3 is 2.48 bits per heavy atom. The zero-order chi connectivity index (χ0) is 22.3. The third-order valence-electron chi connectivity index (χ3n) is 5.36. The number of alkyl halides is 3. The molecule has 1 fully saturated rings. The number of amides is 1. The van der Waals surface area contributed by atoms with Crippen LogP contribution in [-0.4, -0.2) is 41.8 Å². The maximum Gasteiger partial charge on any atom is 0.418 e. The van der Waals surface area contributed by atoms with Crippen molar-refractivity contribution in [2.45, 2.75) is 51.2 Å². The van der Waals surface area contributed by atoms with Gasteiger partial charge in [-0.3, -0.25) is 4.79 Å². The van der Waals surface area contributed by atoms with Gasteiger partial charge in [0.25, 0.3) is 5.91 Å². The van der Waals surface area contributed by atoms with E-state index < -0.39 is 11.7 Å².